The second-order valence-corrected chi connectivity index (χ2v) is 4.45. The Labute approximate surface area is 97.2 Å². The molecule has 1 aromatic rings. The second kappa shape index (κ2) is 5.41. The van der Waals surface area contributed by atoms with Gasteiger partial charge in [0.15, 0.2) is 0 Å². The van der Waals surface area contributed by atoms with Crippen molar-refractivity contribution in [2.45, 2.75) is 25.8 Å². The summed E-state index contributed by atoms with van der Waals surface area (Å²) in [6, 6.07) is 4.68. The number of aryl methyl sites for hydroxylation is 1. The molecule has 2 heterocycles. The largest absolute Gasteiger partial charge is 0.381 e. The van der Waals surface area contributed by atoms with Crippen molar-refractivity contribution < 1.29 is 4.74 Å². The lowest BCUT2D eigenvalue weighted by molar-refractivity contribution is 0.0546. The fourth-order valence-corrected chi connectivity index (χ4v) is 2.39. The first-order chi connectivity index (χ1) is 7.81. The number of nitrogens with zero attached hydrogens (tertiary/aromatic N) is 1. The summed E-state index contributed by atoms with van der Waals surface area (Å²) >= 11 is 0. The van der Waals surface area contributed by atoms with Crippen molar-refractivity contribution in [3.63, 3.8) is 0 Å². The number of nitrogens with one attached hydrogen (secondary N) is 1. The van der Waals surface area contributed by atoms with Gasteiger partial charge in [-0.1, -0.05) is 6.07 Å². The van der Waals surface area contributed by atoms with Crippen LogP contribution in [0, 0.1) is 12.8 Å². The minimum atomic E-state index is 0.414. The van der Waals surface area contributed by atoms with Crippen LogP contribution in [0.15, 0.2) is 18.3 Å². The summed E-state index contributed by atoms with van der Waals surface area (Å²) in [5, 5.41) is 3.41. The van der Waals surface area contributed by atoms with Crippen LogP contribution in [0.3, 0.4) is 0 Å². The third kappa shape index (κ3) is 2.60. The monoisotopic (exact) mass is 220 g/mol. The van der Waals surface area contributed by atoms with Gasteiger partial charge >= 0.3 is 0 Å². The summed E-state index contributed by atoms with van der Waals surface area (Å²) in [7, 11) is 2.03. The molecule has 0 amide bonds. The van der Waals surface area contributed by atoms with Gasteiger partial charge in [0.1, 0.15) is 0 Å². The number of hydrogen-bond donors (Lipinski definition) is 1. The van der Waals surface area contributed by atoms with Crippen molar-refractivity contribution in [3.8, 4) is 0 Å². The van der Waals surface area contributed by atoms with Gasteiger partial charge < -0.3 is 10.1 Å². The standard InChI is InChI=1S/C13H20N2O/c1-10-3-4-12(9-15-10)13(14-2)11-5-7-16-8-6-11/h3-4,9,11,13-14H,5-8H2,1-2H3. The van der Waals surface area contributed by atoms with E-state index in [1.165, 1.54) is 5.56 Å². The van der Waals surface area contributed by atoms with Gasteiger partial charge in [-0.2, -0.15) is 0 Å². The zero-order valence-electron chi connectivity index (χ0n) is 10.1. The molecule has 3 heteroatoms. The van der Waals surface area contributed by atoms with Crippen molar-refractivity contribution >= 4 is 0 Å². The smallest absolute Gasteiger partial charge is 0.0469 e. The molecule has 1 N–H and O–H groups in total. The lowest BCUT2D eigenvalue weighted by Crippen LogP contribution is -2.30. The Balaban J connectivity index is 2.11. The van der Waals surface area contributed by atoms with E-state index in [0.29, 0.717) is 12.0 Å². The molecule has 16 heavy (non-hydrogen) atoms. The van der Waals surface area contributed by atoms with Crippen molar-refractivity contribution in [3.05, 3.63) is 29.6 Å². The lowest BCUT2D eigenvalue weighted by Gasteiger charge is -2.30. The van der Waals surface area contributed by atoms with E-state index in [2.05, 4.69) is 22.4 Å². The van der Waals surface area contributed by atoms with Gasteiger partial charge in [0, 0.05) is 31.1 Å². The van der Waals surface area contributed by atoms with Gasteiger partial charge in [-0.25, -0.2) is 0 Å². The predicted octanol–water partition coefficient (Wildman–Crippen LogP) is 2.08. The Morgan fingerprint density at radius 2 is 2.12 bits per heavy atom. The molecule has 1 aliphatic heterocycles. The molecule has 2 rings (SSSR count). The van der Waals surface area contributed by atoms with Crippen LogP contribution in [0.1, 0.15) is 30.1 Å². The molecule has 1 aromatic heterocycles. The summed E-state index contributed by atoms with van der Waals surface area (Å²) in [6.45, 7) is 3.80. The van der Waals surface area contributed by atoms with Gasteiger partial charge in [-0.3, -0.25) is 4.98 Å². The van der Waals surface area contributed by atoms with Crippen molar-refractivity contribution in [2.75, 3.05) is 20.3 Å². The first-order valence-corrected chi connectivity index (χ1v) is 5.99. The molecule has 3 nitrogen and oxygen atoms in total. The maximum absolute atomic E-state index is 5.41. The summed E-state index contributed by atoms with van der Waals surface area (Å²) < 4.78 is 5.41. The number of aromatic nitrogens is 1. The molecule has 1 fully saturated rings. The zero-order valence-corrected chi connectivity index (χ0v) is 10.1. The fourth-order valence-electron chi connectivity index (χ4n) is 2.39. The van der Waals surface area contributed by atoms with E-state index in [4.69, 9.17) is 4.74 Å². The molecule has 0 bridgehead atoms. The SMILES string of the molecule is CNC(c1ccc(C)nc1)C1CCOCC1. The van der Waals surface area contributed by atoms with E-state index in [1.807, 2.05) is 20.2 Å². The minimum absolute atomic E-state index is 0.414. The second-order valence-electron chi connectivity index (χ2n) is 4.45. The first kappa shape index (κ1) is 11.6. The van der Waals surface area contributed by atoms with E-state index in [9.17, 15) is 0 Å². The van der Waals surface area contributed by atoms with E-state index in [1.54, 1.807) is 0 Å². The molecular weight excluding hydrogens is 200 g/mol. The molecule has 0 aliphatic carbocycles. The molecule has 1 atom stereocenters. The Morgan fingerprint density at radius 3 is 2.69 bits per heavy atom. The van der Waals surface area contributed by atoms with Gasteiger partial charge in [0.25, 0.3) is 0 Å². The normalized spacial score (nSPS) is 19.6. The van der Waals surface area contributed by atoms with Gasteiger partial charge in [-0.15, -0.1) is 0 Å². The van der Waals surface area contributed by atoms with Crippen molar-refractivity contribution in [1.29, 1.82) is 0 Å². The number of ether oxygens (including phenoxy) is 1. The average Bonchev–Trinajstić information content (AvgIpc) is 2.34. The van der Waals surface area contributed by atoms with E-state index in [-0.39, 0.29) is 0 Å². The summed E-state index contributed by atoms with van der Waals surface area (Å²) in [6.07, 6.45) is 4.27. The lowest BCUT2D eigenvalue weighted by atomic mass is 9.88. The molecule has 1 saturated heterocycles. The van der Waals surface area contributed by atoms with E-state index < -0.39 is 0 Å². The summed E-state index contributed by atoms with van der Waals surface area (Å²) in [5.74, 6) is 0.670. The van der Waals surface area contributed by atoms with Crippen LogP contribution < -0.4 is 5.32 Å². The molecule has 0 aromatic carbocycles. The highest BCUT2D eigenvalue weighted by atomic mass is 16.5. The number of pyridine rings is 1. The van der Waals surface area contributed by atoms with E-state index in [0.717, 1.165) is 31.7 Å². The molecule has 88 valence electrons. The molecule has 1 unspecified atom stereocenters. The van der Waals surface area contributed by atoms with Gasteiger partial charge in [0.05, 0.1) is 0 Å². The van der Waals surface area contributed by atoms with Crippen LogP contribution in [-0.2, 0) is 4.74 Å². The zero-order chi connectivity index (χ0) is 11.4. The molecule has 0 radical (unpaired) electrons. The van der Waals surface area contributed by atoms with Gasteiger partial charge in [0.2, 0.25) is 0 Å². The Kier molecular flexibility index (Phi) is 3.91. The van der Waals surface area contributed by atoms with Crippen LogP contribution in [0.4, 0.5) is 0 Å². The van der Waals surface area contributed by atoms with Crippen LogP contribution >= 0.6 is 0 Å². The highest BCUT2D eigenvalue weighted by molar-refractivity contribution is 5.18. The van der Waals surface area contributed by atoms with Gasteiger partial charge in [-0.05, 0) is 44.4 Å². The third-order valence-electron chi connectivity index (χ3n) is 3.34. The van der Waals surface area contributed by atoms with E-state index >= 15 is 0 Å². The first-order valence-electron chi connectivity index (χ1n) is 5.99. The third-order valence-corrected chi connectivity index (χ3v) is 3.34. The quantitative estimate of drug-likeness (QED) is 0.847. The van der Waals surface area contributed by atoms with Crippen LogP contribution in [0.2, 0.25) is 0 Å². The minimum Gasteiger partial charge on any atom is -0.381 e. The highest BCUT2D eigenvalue weighted by Gasteiger charge is 2.24. The van der Waals surface area contributed by atoms with Crippen LogP contribution in [0.5, 0.6) is 0 Å². The Morgan fingerprint density at radius 1 is 1.38 bits per heavy atom. The number of hydrogen-bond acceptors (Lipinski definition) is 3. The Bertz CT molecular complexity index is 317. The highest BCUT2D eigenvalue weighted by Crippen LogP contribution is 2.29. The molecule has 0 spiro atoms. The van der Waals surface area contributed by atoms with Crippen LogP contribution in [-0.4, -0.2) is 25.2 Å². The fraction of sp³-hybridized carbons (Fsp3) is 0.615. The molecule has 1 aliphatic rings. The Hall–Kier alpha value is -0.930. The maximum Gasteiger partial charge on any atom is 0.0469 e. The van der Waals surface area contributed by atoms with Crippen molar-refractivity contribution in [1.82, 2.24) is 10.3 Å². The summed E-state index contributed by atoms with van der Waals surface area (Å²) in [4.78, 5) is 4.37. The predicted molar refractivity (Wildman–Crippen MR) is 64.3 cm³/mol. The average molecular weight is 220 g/mol. The topological polar surface area (TPSA) is 34.2 Å². The van der Waals surface area contributed by atoms with Crippen LogP contribution in [0.25, 0.3) is 0 Å². The maximum atomic E-state index is 5.41. The summed E-state index contributed by atoms with van der Waals surface area (Å²) in [5.41, 5.74) is 2.37. The molecular formula is C13H20N2O. The molecule has 0 saturated carbocycles. The van der Waals surface area contributed by atoms with Crippen molar-refractivity contribution in [2.24, 2.45) is 5.92 Å². The number of rotatable bonds is 3.